The van der Waals surface area contributed by atoms with E-state index in [1.165, 1.54) is 0 Å². The van der Waals surface area contributed by atoms with Crippen LogP contribution < -0.4 is 5.73 Å². The number of benzene rings is 1. The molecule has 0 spiro atoms. The predicted molar refractivity (Wildman–Crippen MR) is 61.8 cm³/mol. The molecule has 0 saturated carbocycles. The van der Waals surface area contributed by atoms with Gasteiger partial charge in [0.1, 0.15) is 11.5 Å². The van der Waals surface area contributed by atoms with E-state index in [-0.39, 0.29) is 0 Å². The first-order valence-corrected chi connectivity index (χ1v) is 5.14. The Morgan fingerprint density at radius 1 is 1.27 bits per heavy atom. The maximum Gasteiger partial charge on any atom is 0.135 e. The molecule has 0 atom stereocenters. The number of halogens is 1. The van der Waals surface area contributed by atoms with Crippen molar-refractivity contribution in [2.75, 3.05) is 0 Å². The lowest BCUT2D eigenvalue weighted by Crippen LogP contribution is -1.92. The van der Waals surface area contributed by atoms with Crippen molar-refractivity contribution in [3.8, 4) is 11.3 Å². The number of aryl methyl sites for hydroxylation is 1. The van der Waals surface area contributed by atoms with Crippen LogP contribution in [0.2, 0.25) is 5.02 Å². The lowest BCUT2D eigenvalue weighted by Gasteiger charge is -2.01. The summed E-state index contributed by atoms with van der Waals surface area (Å²) in [5, 5.41) is 0.702. The van der Waals surface area contributed by atoms with Crippen LogP contribution in [0.3, 0.4) is 0 Å². The summed E-state index contributed by atoms with van der Waals surface area (Å²) >= 11 is 6.13. The molecule has 0 bridgehead atoms. The number of hydrogen-bond acceptors (Lipinski definition) is 2. The average molecular weight is 222 g/mol. The van der Waals surface area contributed by atoms with Crippen LogP contribution in [-0.2, 0) is 6.54 Å². The van der Waals surface area contributed by atoms with Gasteiger partial charge in [0.15, 0.2) is 0 Å². The molecular weight excluding hydrogens is 210 g/mol. The Labute approximate surface area is 93.7 Å². The van der Waals surface area contributed by atoms with Crippen molar-refractivity contribution < 1.29 is 4.42 Å². The summed E-state index contributed by atoms with van der Waals surface area (Å²) in [6.07, 6.45) is 0. The Kier molecular flexibility index (Phi) is 2.80. The SMILES string of the molecule is Cc1ccc(-c2ccc(CN)o2)c(Cl)c1. The van der Waals surface area contributed by atoms with Crippen LogP contribution in [0.25, 0.3) is 11.3 Å². The first-order valence-electron chi connectivity index (χ1n) is 4.76. The van der Waals surface area contributed by atoms with Crippen LogP contribution in [0.4, 0.5) is 0 Å². The van der Waals surface area contributed by atoms with E-state index in [2.05, 4.69) is 0 Å². The fraction of sp³-hybridized carbons (Fsp3) is 0.167. The summed E-state index contributed by atoms with van der Waals surface area (Å²) in [4.78, 5) is 0. The maximum atomic E-state index is 6.13. The van der Waals surface area contributed by atoms with Crippen LogP contribution >= 0.6 is 11.6 Å². The van der Waals surface area contributed by atoms with Crippen LogP contribution in [0.5, 0.6) is 0 Å². The quantitative estimate of drug-likeness (QED) is 0.845. The second-order valence-electron chi connectivity index (χ2n) is 3.45. The van der Waals surface area contributed by atoms with Crippen molar-refractivity contribution in [3.05, 3.63) is 46.7 Å². The molecule has 1 heterocycles. The molecule has 0 unspecified atom stereocenters. The van der Waals surface area contributed by atoms with Gasteiger partial charge >= 0.3 is 0 Å². The molecule has 3 heteroatoms. The molecule has 15 heavy (non-hydrogen) atoms. The summed E-state index contributed by atoms with van der Waals surface area (Å²) in [7, 11) is 0. The van der Waals surface area contributed by atoms with Gasteiger partial charge in [0, 0.05) is 5.56 Å². The van der Waals surface area contributed by atoms with Gasteiger partial charge in [-0.3, -0.25) is 0 Å². The highest BCUT2D eigenvalue weighted by Gasteiger charge is 2.07. The molecule has 0 saturated heterocycles. The van der Waals surface area contributed by atoms with Gasteiger partial charge in [-0.2, -0.15) is 0 Å². The zero-order valence-corrected chi connectivity index (χ0v) is 9.21. The van der Waals surface area contributed by atoms with E-state index < -0.39 is 0 Å². The number of rotatable bonds is 2. The van der Waals surface area contributed by atoms with Gasteiger partial charge < -0.3 is 10.2 Å². The highest BCUT2D eigenvalue weighted by atomic mass is 35.5. The Bertz CT molecular complexity index is 476. The third-order valence-electron chi connectivity index (χ3n) is 2.25. The van der Waals surface area contributed by atoms with Gasteiger partial charge in [-0.1, -0.05) is 17.7 Å². The minimum absolute atomic E-state index is 0.406. The minimum Gasteiger partial charge on any atom is -0.460 e. The molecule has 0 fully saturated rings. The Morgan fingerprint density at radius 3 is 2.67 bits per heavy atom. The molecule has 0 aliphatic carbocycles. The van der Waals surface area contributed by atoms with E-state index in [4.69, 9.17) is 21.8 Å². The van der Waals surface area contributed by atoms with Crippen molar-refractivity contribution in [2.24, 2.45) is 5.73 Å². The molecule has 0 amide bonds. The Balaban J connectivity index is 2.44. The minimum atomic E-state index is 0.406. The van der Waals surface area contributed by atoms with Crippen LogP contribution in [0.15, 0.2) is 34.7 Å². The number of nitrogens with two attached hydrogens (primary N) is 1. The number of furan rings is 1. The number of hydrogen-bond donors (Lipinski definition) is 1. The zero-order valence-electron chi connectivity index (χ0n) is 8.46. The van der Waals surface area contributed by atoms with Gasteiger partial charge in [0.25, 0.3) is 0 Å². The molecule has 78 valence electrons. The van der Waals surface area contributed by atoms with Crippen LogP contribution in [0, 0.1) is 6.92 Å². The summed E-state index contributed by atoms with van der Waals surface area (Å²) in [6, 6.07) is 9.63. The largest absolute Gasteiger partial charge is 0.460 e. The molecule has 2 rings (SSSR count). The topological polar surface area (TPSA) is 39.2 Å². The third kappa shape index (κ3) is 2.06. The average Bonchev–Trinajstić information content (AvgIpc) is 2.66. The lowest BCUT2D eigenvalue weighted by atomic mass is 10.1. The molecule has 0 radical (unpaired) electrons. The van der Waals surface area contributed by atoms with Crippen molar-refractivity contribution in [1.29, 1.82) is 0 Å². The standard InChI is InChI=1S/C12H12ClNO/c1-8-2-4-10(11(13)6-8)12-5-3-9(7-14)15-12/h2-6H,7,14H2,1H3. The monoisotopic (exact) mass is 221 g/mol. The molecule has 1 aromatic heterocycles. The lowest BCUT2D eigenvalue weighted by molar-refractivity contribution is 0.525. The molecule has 2 aromatic rings. The fourth-order valence-electron chi connectivity index (χ4n) is 1.45. The van der Waals surface area contributed by atoms with Crippen molar-refractivity contribution in [3.63, 3.8) is 0 Å². The van der Waals surface area contributed by atoms with Crippen molar-refractivity contribution in [1.82, 2.24) is 0 Å². The highest BCUT2D eigenvalue weighted by molar-refractivity contribution is 6.33. The summed E-state index contributed by atoms with van der Waals surface area (Å²) in [5.41, 5.74) is 7.51. The first kappa shape index (κ1) is 10.3. The molecule has 0 aliphatic heterocycles. The van der Waals surface area contributed by atoms with E-state index in [0.29, 0.717) is 11.6 Å². The Morgan fingerprint density at radius 2 is 2.07 bits per heavy atom. The molecule has 2 nitrogen and oxygen atoms in total. The molecular formula is C12H12ClNO. The second kappa shape index (κ2) is 4.09. The highest BCUT2D eigenvalue weighted by Crippen LogP contribution is 2.29. The van der Waals surface area contributed by atoms with Gasteiger partial charge in [-0.15, -0.1) is 0 Å². The predicted octanol–water partition coefficient (Wildman–Crippen LogP) is 3.37. The molecule has 1 aromatic carbocycles. The zero-order chi connectivity index (χ0) is 10.8. The fourth-order valence-corrected chi connectivity index (χ4v) is 1.78. The summed E-state index contributed by atoms with van der Waals surface area (Å²) < 4.78 is 5.53. The van der Waals surface area contributed by atoms with Crippen molar-refractivity contribution >= 4 is 11.6 Å². The summed E-state index contributed by atoms with van der Waals surface area (Å²) in [5.74, 6) is 1.53. The molecule has 0 aliphatic rings. The second-order valence-corrected chi connectivity index (χ2v) is 3.86. The first-order chi connectivity index (χ1) is 7.20. The summed E-state index contributed by atoms with van der Waals surface area (Å²) in [6.45, 7) is 2.41. The van der Waals surface area contributed by atoms with E-state index in [0.717, 1.165) is 22.6 Å². The van der Waals surface area contributed by atoms with Crippen molar-refractivity contribution in [2.45, 2.75) is 13.5 Å². The normalized spacial score (nSPS) is 10.6. The van der Waals surface area contributed by atoms with Gasteiger partial charge in [-0.05, 0) is 36.8 Å². The maximum absolute atomic E-state index is 6.13. The van der Waals surface area contributed by atoms with Crippen LogP contribution in [-0.4, -0.2) is 0 Å². The smallest absolute Gasteiger partial charge is 0.135 e. The Hall–Kier alpha value is -1.25. The van der Waals surface area contributed by atoms with Gasteiger partial charge in [-0.25, -0.2) is 0 Å². The van der Waals surface area contributed by atoms with Gasteiger partial charge in [0.05, 0.1) is 11.6 Å². The van der Waals surface area contributed by atoms with E-state index in [9.17, 15) is 0 Å². The van der Waals surface area contributed by atoms with Crippen LogP contribution in [0.1, 0.15) is 11.3 Å². The molecule has 2 N–H and O–H groups in total. The van der Waals surface area contributed by atoms with Gasteiger partial charge in [0.2, 0.25) is 0 Å². The van der Waals surface area contributed by atoms with E-state index >= 15 is 0 Å². The van der Waals surface area contributed by atoms with E-state index in [1.54, 1.807) is 0 Å². The third-order valence-corrected chi connectivity index (χ3v) is 2.57. The van der Waals surface area contributed by atoms with E-state index in [1.807, 2.05) is 37.3 Å².